The van der Waals surface area contributed by atoms with Gasteiger partial charge in [0.05, 0.1) is 11.0 Å². The van der Waals surface area contributed by atoms with E-state index in [1.54, 1.807) is 0 Å². The van der Waals surface area contributed by atoms with Crippen LogP contribution in [0.25, 0.3) is 38.6 Å². The lowest BCUT2D eigenvalue weighted by Crippen LogP contribution is -2.61. The Kier molecular flexibility index (Phi) is 6.35. The first kappa shape index (κ1) is 29.0. The molecule has 3 nitrogen and oxygen atoms in total. The van der Waals surface area contributed by atoms with Crippen molar-refractivity contribution >= 4 is 79.0 Å². The molecule has 0 spiro atoms. The summed E-state index contributed by atoms with van der Waals surface area (Å²) >= 11 is 0. The molecule has 0 saturated carbocycles. The van der Waals surface area contributed by atoms with Gasteiger partial charge in [-0.05, 0) is 100 Å². The van der Waals surface area contributed by atoms with E-state index >= 15 is 0 Å². The van der Waals surface area contributed by atoms with Gasteiger partial charge < -0.3 is 14.4 Å². The summed E-state index contributed by atoms with van der Waals surface area (Å²) in [6, 6.07) is 70.9. The van der Waals surface area contributed by atoms with Gasteiger partial charge in [0.1, 0.15) is 0 Å². The average molecular weight is 662 g/mol. The van der Waals surface area contributed by atoms with Crippen LogP contribution in [0.1, 0.15) is 0 Å². The Morgan fingerprint density at radius 2 is 0.865 bits per heavy atom. The zero-order valence-electron chi connectivity index (χ0n) is 28.4. The Morgan fingerprint density at radius 3 is 1.58 bits per heavy atom. The van der Waals surface area contributed by atoms with Crippen molar-refractivity contribution < 1.29 is 0 Å². The molecule has 2 aliphatic rings. The summed E-state index contributed by atoms with van der Waals surface area (Å²) in [4.78, 5) is 4.93. The summed E-state index contributed by atoms with van der Waals surface area (Å²) in [5.74, 6) is 0. The summed E-state index contributed by atoms with van der Waals surface area (Å²) in [7, 11) is 0. The fourth-order valence-corrected chi connectivity index (χ4v) is 8.88. The Bertz CT molecular complexity index is 2790. The second-order valence-electron chi connectivity index (χ2n) is 13.7. The van der Waals surface area contributed by atoms with Gasteiger partial charge in [-0.2, -0.15) is 0 Å². The topological polar surface area (TPSA) is 11.4 Å². The highest BCUT2D eigenvalue weighted by Gasteiger charge is 2.44. The molecule has 2 aliphatic heterocycles. The standard InChI is InChI=1S/C48H32BN3/c1-4-16-34(17-5-1)50-41-25-12-10-22-38(41)39-31-30-33(32-46(39)50)37-23-14-27-43-47(37)49-40-24-11-13-26-42(40)51(35-18-6-2-7-19-35)44-28-15-29-45(48(44)49)52(43)36-20-8-3-9-21-36/h1-32H. The fourth-order valence-electron chi connectivity index (χ4n) is 8.88. The molecule has 0 atom stereocenters. The molecule has 0 radical (unpaired) electrons. The van der Waals surface area contributed by atoms with Gasteiger partial charge in [-0.15, -0.1) is 0 Å². The van der Waals surface area contributed by atoms with Crippen molar-refractivity contribution in [3.05, 3.63) is 194 Å². The minimum atomic E-state index is 0.0317. The number of aromatic nitrogens is 1. The molecule has 0 saturated heterocycles. The van der Waals surface area contributed by atoms with E-state index < -0.39 is 0 Å². The molecule has 0 fully saturated rings. The number of hydrogen-bond donors (Lipinski definition) is 0. The Balaban J connectivity index is 1.22. The lowest BCUT2D eigenvalue weighted by molar-refractivity contribution is 1.18. The molecule has 242 valence electrons. The first-order chi connectivity index (χ1) is 25.8. The monoisotopic (exact) mass is 661 g/mol. The average Bonchev–Trinajstić information content (AvgIpc) is 3.55. The number of fused-ring (bicyclic) bond motifs is 7. The predicted molar refractivity (Wildman–Crippen MR) is 220 cm³/mol. The minimum Gasteiger partial charge on any atom is -0.311 e. The van der Waals surface area contributed by atoms with Gasteiger partial charge in [0, 0.05) is 50.6 Å². The van der Waals surface area contributed by atoms with Crippen molar-refractivity contribution in [2.75, 3.05) is 9.80 Å². The number of nitrogens with zero attached hydrogens (tertiary/aromatic N) is 3. The van der Waals surface area contributed by atoms with Crippen LogP contribution in [-0.2, 0) is 0 Å². The van der Waals surface area contributed by atoms with Crippen molar-refractivity contribution in [2.45, 2.75) is 0 Å². The van der Waals surface area contributed by atoms with Gasteiger partial charge in [0.25, 0.3) is 6.71 Å². The summed E-state index contributed by atoms with van der Waals surface area (Å²) in [5, 5.41) is 2.52. The number of hydrogen-bond acceptors (Lipinski definition) is 2. The molecule has 0 bridgehead atoms. The van der Waals surface area contributed by atoms with Crippen LogP contribution in [0.4, 0.5) is 34.1 Å². The summed E-state index contributed by atoms with van der Waals surface area (Å²) in [6.45, 7) is 0.0317. The maximum Gasteiger partial charge on any atom is 0.252 e. The fraction of sp³-hybridized carbons (Fsp3) is 0. The number of para-hydroxylation sites is 5. The van der Waals surface area contributed by atoms with Crippen molar-refractivity contribution in [1.82, 2.24) is 4.57 Å². The number of anilines is 6. The third-order valence-corrected chi connectivity index (χ3v) is 11.0. The second kappa shape index (κ2) is 11.4. The Labute approximate surface area is 303 Å². The van der Waals surface area contributed by atoms with E-state index in [0.717, 1.165) is 17.1 Å². The van der Waals surface area contributed by atoms with Crippen molar-refractivity contribution in [3.63, 3.8) is 0 Å². The highest BCUT2D eigenvalue weighted by molar-refractivity contribution is 7.01. The summed E-state index contributed by atoms with van der Waals surface area (Å²) < 4.78 is 2.42. The van der Waals surface area contributed by atoms with Crippen LogP contribution in [0.2, 0.25) is 0 Å². The van der Waals surface area contributed by atoms with Gasteiger partial charge >= 0.3 is 0 Å². The maximum atomic E-state index is 2.48. The van der Waals surface area contributed by atoms with Crippen molar-refractivity contribution in [2.24, 2.45) is 0 Å². The lowest BCUT2D eigenvalue weighted by Gasteiger charge is -2.44. The second-order valence-corrected chi connectivity index (χ2v) is 13.7. The quantitative estimate of drug-likeness (QED) is 0.174. The SMILES string of the molecule is c1ccc(N2c3ccccc3B3c4c(-c5ccc6c7ccccc7n(-c7ccccc7)c6c5)cccc4N(c4ccccc4)c4cccc2c43)cc1. The molecule has 3 heterocycles. The van der Waals surface area contributed by atoms with Crippen LogP contribution in [0.3, 0.4) is 0 Å². The number of rotatable bonds is 4. The Hall–Kier alpha value is -6.78. The molecule has 1 aromatic heterocycles. The van der Waals surface area contributed by atoms with E-state index in [-0.39, 0.29) is 6.71 Å². The van der Waals surface area contributed by atoms with Crippen LogP contribution in [0, 0.1) is 0 Å². The van der Waals surface area contributed by atoms with Crippen LogP contribution in [0.15, 0.2) is 194 Å². The minimum absolute atomic E-state index is 0.0317. The van der Waals surface area contributed by atoms with E-state index in [0.29, 0.717) is 0 Å². The van der Waals surface area contributed by atoms with Crippen LogP contribution in [0.5, 0.6) is 0 Å². The zero-order valence-corrected chi connectivity index (χ0v) is 28.4. The molecule has 0 aliphatic carbocycles. The molecule has 52 heavy (non-hydrogen) atoms. The first-order valence-corrected chi connectivity index (χ1v) is 18.0. The van der Waals surface area contributed by atoms with Crippen LogP contribution < -0.4 is 26.2 Å². The first-order valence-electron chi connectivity index (χ1n) is 18.0. The van der Waals surface area contributed by atoms with Gasteiger partial charge in [0.2, 0.25) is 0 Å². The molecular weight excluding hydrogens is 629 g/mol. The molecule has 9 aromatic rings. The largest absolute Gasteiger partial charge is 0.311 e. The smallest absolute Gasteiger partial charge is 0.252 e. The molecule has 4 heteroatoms. The predicted octanol–water partition coefficient (Wildman–Crippen LogP) is 10.5. The molecule has 8 aromatic carbocycles. The zero-order chi connectivity index (χ0) is 34.2. The molecule has 0 unspecified atom stereocenters. The van der Waals surface area contributed by atoms with E-state index in [4.69, 9.17) is 0 Å². The van der Waals surface area contributed by atoms with Crippen LogP contribution in [-0.4, -0.2) is 11.3 Å². The van der Waals surface area contributed by atoms with E-state index in [2.05, 4.69) is 208 Å². The van der Waals surface area contributed by atoms with Gasteiger partial charge in [-0.25, -0.2) is 0 Å². The van der Waals surface area contributed by atoms with E-state index in [9.17, 15) is 0 Å². The van der Waals surface area contributed by atoms with Crippen molar-refractivity contribution in [3.8, 4) is 16.8 Å². The lowest BCUT2D eigenvalue weighted by atomic mass is 9.32. The number of benzene rings is 8. The van der Waals surface area contributed by atoms with E-state index in [1.807, 2.05) is 0 Å². The highest BCUT2D eigenvalue weighted by atomic mass is 15.2. The van der Waals surface area contributed by atoms with Crippen LogP contribution >= 0.6 is 0 Å². The normalized spacial score (nSPS) is 12.9. The Morgan fingerprint density at radius 1 is 0.346 bits per heavy atom. The maximum absolute atomic E-state index is 2.48. The molecular formula is C48H32BN3. The summed E-state index contributed by atoms with van der Waals surface area (Å²) in [6.07, 6.45) is 0. The third-order valence-electron chi connectivity index (χ3n) is 11.0. The van der Waals surface area contributed by atoms with Crippen molar-refractivity contribution in [1.29, 1.82) is 0 Å². The van der Waals surface area contributed by atoms with Gasteiger partial charge in [-0.3, -0.25) is 0 Å². The molecule has 0 N–H and O–H groups in total. The molecule has 11 rings (SSSR count). The molecule has 0 amide bonds. The van der Waals surface area contributed by atoms with Gasteiger partial charge in [0.15, 0.2) is 0 Å². The van der Waals surface area contributed by atoms with Gasteiger partial charge in [-0.1, -0.05) is 121 Å². The van der Waals surface area contributed by atoms with E-state index in [1.165, 1.54) is 72.1 Å². The summed E-state index contributed by atoms with van der Waals surface area (Å²) in [5.41, 5.74) is 17.2. The highest BCUT2D eigenvalue weighted by Crippen LogP contribution is 2.45. The third kappa shape index (κ3) is 4.15.